The molecule has 1 aromatic carbocycles. The van der Waals surface area contributed by atoms with E-state index < -0.39 is 11.7 Å². The molecular weight excluding hydrogens is 326 g/mol. The highest BCUT2D eigenvalue weighted by Gasteiger charge is 2.18. The Balaban J connectivity index is 2.07. The second-order valence-corrected chi connectivity index (χ2v) is 6.92. The maximum Gasteiger partial charge on any atom is 0.412 e. The van der Waals surface area contributed by atoms with Gasteiger partial charge >= 0.3 is 6.09 Å². The molecule has 0 unspecified atom stereocenters. The second-order valence-electron chi connectivity index (χ2n) is 5.55. The number of halogens is 1. The number of nitrogens with one attached hydrogen (secondary N) is 2. The van der Waals surface area contributed by atoms with Crippen molar-refractivity contribution in [2.45, 2.75) is 26.4 Å². The molecular formula is C14H16ClN3O3S. The van der Waals surface area contributed by atoms with Crippen LogP contribution in [0.2, 0.25) is 5.02 Å². The quantitative estimate of drug-likeness (QED) is 0.862. The average Bonchev–Trinajstić information content (AvgIpc) is 2.76. The molecule has 0 radical (unpaired) electrons. The van der Waals surface area contributed by atoms with Crippen molar-refractivity contribution in [2.24, 2.45) is 4.99 Å². The minimum atomic E-state index is -0.572. The van der Waals surface area contributed by atoms with Crippen LogP contribution in [0.5, 0.6) is 0 Å². The zero-order valence-corrected chi connectivity index (χ0v) is 14.0. The van der Waals surface area contributed by atoms with Gasteiger partial charge in [-0.25, -0.2) is 9.79 Å². The van der Waals surface area contributed by atoms with Crippen LogP contribution in [0, 0.1) is 0 Å². The molecule has 8 heteroatoms. The molecule has 1 fully saturated rings. The fourth-order valence-corrected chi connectivity index (χ4v) is 2.50. The van der Waals surface area contributed by atoms with E-state index in [4.69, 9.17) is 16.3 Å². The Hall–Kier alpha value is -1.73. The van der Waals surface area contributed by atoms with Gasteiger partial charge in [0.25, 0.3) is 0 Å². The standard InChI is InChI=1S/C14H16ClN3O3S/c1-14(2,3)21-13(20)16-8-4-5-10(9(15)6-8)17-12-18-11(19)7-22-12/h4-6H,7H2,1-3H3,(H,16,20)(H,17,18,19). The molecule has 0 spiro atoms. The van der Waals surface area contributed by atoms with Gasteiger partial charge in [0.15, 0.2) is 5.17 Å². The number of benzene rings is 1. The lowest BCUT2D eigenvalue weighted by molar-refractivity contribution is -0.116. The zero-order chi connectivity index (χ0) is 16.3. The molecule has 2 N–H and O–H groups in total. The van der Waals surface area contributed by atoms with Gasteiger partial charge in [0.2, 0.25) is 5.91 Å². The molecule has 0 bridgehead atoms. The van der Waals surface area contributed by atoms with Gasteiger partial charge in [-0.3, -0.25) is 10.1 Å². The summed E-state index contributed by atoms with van der Waals surface area (Å²) < 4.78 is 5.16. The number of carbonyl (C=O) groups is 2. The first-order valence-corrected chi connectivity index (χ1v) is 7.90. The maximum atomic E-state index is 11.7. The van der Waals surface area contributed by atoms with Crippen molar-refractivity contribution in [3.05, 3.63) is 23.2 Å². The molecule has 0 atom stereocenters. The Bertz CT molecular complexity index is 641. The van der Waals surface area contributed by atoms with Gasteiger partial charge in [-0.05, 0) is 39.0 Å². The molecule has 22 heavy (non-hydrogen) atoms. The Morgan fingerprint density at radius 3 is 2.73 bits per heavy atom. The number of ether oxygens (including phenoxy) is 1. The van der Waals surface area contributed by atoms with Gasteiger partial charge < -0.3 is 10.1 Å². The highest BCUT2D eigenvalue weighted by atomic mass is 35.5. The Morgan fingerprint density at radius 2 is 2.18 bits per heavy atom. The van der Waals surface area contributed by atoms with E-state index in [-0.39, 0.29) is 5.91 Å². The van der Waals surface area contributed by atoms with E-state index >= 15 is 0 Å². The third kappa shape index (κ3) is 4.92. The number of rotatable bonds is 2. The molecule has 1 aliphatic rings. The number of thioether (sulfide) groups is 1. The van der Waals surface area contributed by atoms with E-state index in [9.17, 15) is 9.59 Å². The van der Waals surface area contributed by atoms with Crippen LogP contribution in [-0.2, 0) is 9.53 Å². The molecule has 118 valence electrons. The number of carbonyl (C=O) groups excluding carboxylic acids is 2. The lowest BCUT2D eigenvalue weighted by atomic mass is 10.2. The number of aliphatic imine (C=N–C) groups is 1. The Labute approximate surface area is 137 Å². The first-order valence-electron chi connectivity index (χ1n) is 6.54. The van der Waals surface area contributed by atoms with Crippen LogP contribution >= 0.6 is 23.4 Å². The monoisotopic (exact) mass is 341 g/mol. The zero-order valence-electron chi connectivity index (χ0n) is 12.4. The van der Waals surface area contributed by atoms with Crippen molar-refractivity contribution in [1.29, 1.82) is 0 Å². The van der Waals surface area contributed by atoms with E-state index in [1.165, 1.54) is 11.8 Å². The SMILES string of the molecule is CC(C)(C)OC(=O)Nc1ccc(N=C2NC(=O)CS2)c(Cl)c1. The van der Waals surface area contributed by atoms with Crippen molar-refractivity contribution >= 4 is 51.9 Å². The largest absolute Gasteiger partial charge is 0.444 e. The summed E-state index contributed by atoms with van der Waals surface area (Å²) in [4.78, 5) is 27.1. The summed E-state index contributed by atoms with van der Waals surface area (Å²) >= 11 is 7.46. The van der Waals surface area contributed by atoms with Gasteiger partial charge in [-0.15, -0.1) is 0 Å². The van der Waals surface area contributed by atoms with E-state index in [1.54, 1.807) is 39.0 Å². The molecule has 2 rings (SSSR count). The minimum absolute atomic E-state index is 0.0805. The molecule has 0 aliphatic carbocycles. The van der Waals surface area contributed by atoms with E-state index in [1.807, 2.05) is 0 Å². The smallest absolute Gasteiger partial charge is 0.412 e. The fourth-order valence-electron chi connectivity index (χ4n) is 1.59. The van der Waals surface area contributed by atoms with E-state index in [0.717, 1.165) is 0 Å². The molecule has 1 heterocycles. The van der Waals surface area contributed by atoms with Crippen LogP contribution in [0.4, 0.5) is 16.2 Å². The summed E-state index contributed by atoms with van der Waals surface area (Å²) in [6.07, 6.45) is -0.554. The summed E-state index contributed by atoms with van der Waals surface area (Å²) in [5, 5.41) is 6.10. The Morgan fingerprint density at radius 1 is 1.45 bits per heavy atom. The van der Waals surface area contributed by atoms with E-state index in [0.29, 0.717) is 27.3 Å². The lowest BCUT2D eigenvalue weighted by Crippen LogP contribution is -2.27. The van der Waals surface area contributed by atoms with Crippen LogP contribution in [0.15, 0.2) is 23.2 Å². The number of nitrogens with zero attached hydrogens (tertiary/aromatic N) is 1. The third-order valence-electron chi connectivity index (χ3n) is 2.40. The average molecular weight is 342 g/mol. The normalized spacial score (nSPS) is 16.5. The molecule has 6 nitrogen and oxygen atoms in total. The van der Waals surface area contributed by atoms with Gasteiger partial charge in [-0.1, -0.05) is 23.4 Å². The first-order chi connectivity index (χ1) is 10.2. The lowest BCUT2D eigenvalue weighted by Gasteiger charge is -2.19. The van der Waals surface area contributed by atoms with Crippen LogP contribution in [-0.4, -0.2) is 28.5 Å². The number of amides is 2. The Kier molecular flexibility index (Phi) is 4.97. The molecule has 0 aromatic heterocycles. The number of hydrogen-bond acceptors (Lipinski definition) is 5. The predicted molar refractivity (Wildman–Crippen MR) is 89.0 cm³/mol. The molecule has 1 aromatic rings. The topological polar surface area (TPSA) is 79.8 Å². The predicted octanol–water partition coefficient (Wildman–Crippen LogP) is 3.54. The molecule has 0 saturated carbocycles. The molecule has 2 amide bonds. The third-order valence-corrected chi connectivity index (χ3v) is 3.58. The van der Waals surface area contributed by atoms with Crippen molar-refractivity contribution in [1.82, 2.24) is 5.32 Å². The van der Waals surface area contributed by atoms with Gasteiger partial charge in [0.1, 0.15) is 5.60 Å². The van der Waals surface area contributed by atoms with Crippen molar-refractivity contribution in [2.75, 3.05) is 11.1 Å². The van der Waals surface area contributed by atoms with Crippen LogP contribution < -0.4 is 10.6 Å². The van der Waals surface area contributed by atoms with Crippen molar-refractivity contribution in [3.63, 3.8) is 0 Å². The maximum absolute atomic E-state index is 11.7. The fraction of sp³-hybridized carbons (Fsp3) is 0.357. The summed E-state index contributed by atoms with van der Waals surface area (Å²) in [5.41, 5.74) is 0.449. The van der Waals surface area contributed by atoms with Gasteiger partial charge in [0, 0.05) is 5.69 Å². The summed E-state index contributed by atoms with van der Waals surface area (Å²) in [6.45, 7) is 5.35. The van der Waals surface area contributed by atoms with Crippen LogP contribution in [0.1, 0.15) is 20.8 Å². The number of amidine groups is 1. The first kappa shape index (κ1) is 16.6. The van der Waals surface area contributed by atoms with Gasteiger partial charge in [0.05, 0.1) is 16.5 Å². The molecule has 1 aliphatic heterocycles. The van der Waals surface area contributed by atoms with Crippen LogP contribution in [0.25, 0.3) is 0 Å². The summed E-state index contributed by atoms with van der Waals surface area (Å²) in [7, 11) is 0. The highest BCUT2D eigenvalue weighted by molar-refractivity contribution is 8.15. The minimum Gasteiger partial charge on any atom is -0.444 e. The van der Waals surface area contributed by atoms with Gasteiger partial charge in [-0.2, -0.15) is 0 Å². The second kappa shape index (κ2) is 6.58. The van der Waals surface area contributed by atoms with Crippen molar-refractivity contribution in [3.8, 4) is 0 Å². The van der Waals surface area contributed by atoms with E-state index in [2.05, 4.69) is 15.6 Å². The summed E-state index contributed by atoms with van der Waals surface area (Å²) in [5.74, 6) is 0.275. The molecule has 1 saturated heterocycles. The number of hydrogen-bond donors (Lipinski definition) is 2. The summed E-state index contributed by atoms with van der Waals surface area (Å²) in [6, 6.07) is 4.90. The van der Waals surface area contributed by atoms with Crippen LogP contribution in [0.3, 0.4) is 0 Å². The van der Waals surface area contributed by atoms with Crippen molar-refractivity contribution < 1.29 is 14.3 Å². The highest BCUT2D eigenvalue weighted by Crippen LogP contribution is 2.29. The number of anilines is 1.